The number of nitrogens with two attached hydrogens (primary N) is 1. The second-order valence-electron chi connectivity index (χ2n) is 5.18. The van der Waals surface area contributed by atoms with Crippen LogP contribution in [-0.2, 0) is 0 Å². The summed E-state index contributed by atoms with van der Waals surface area (Å²) < 4.78 is 11.4. The summed E-state index contributed by atoms with van der Waals surface area (Å²) in [6.45, 7) is 7.93. The third-order valence-corrected chi connectivity index (χ3v) is 2.99. The van der Waals surface area contributed by atoms with Gasteiger partial charge in [-0.05, 0) is 19.9 Å². The van der Waals surface area contributed by atoms with Crippen molar-refractivity contribution in [2.24, 2.45) is 5.73 Å². The smallest absolute Gasteiger partial charge is 0.128 e. The van der Waals surface area contributed by atoms with Crippen LogP contribution < -0.4 is 15.2 Å². The maximum Gasteiger partial charge on any atom is 0.128 e. The van der Waals surface area contributed by atoms with Crippen molar-refractivity contribution in [2.45, 2.75) is 31.9 Å². The fraction of sp³-hybridized carbons (Fsp3) is 0.429. The molecular formula is C14H18ClNO2. The summed E-state index contributed by atoms with van der Waals surface area (Å²) in [7, 11) is 0. The number of benzene rings is 1. The normalized spacial score (nSPS) is 20.8. The quantitative estimate of drug-likeness (QED) is 0.913. The zero-order valence-corrected chi connectivity index (χ0v) is 11.5. The number of halogens is 1. The standard InChI is InChI=1S/C14H18ClNO2/c1-9(15)8-17-10-4-5-11-12(16)7-14(2,3)18-13(11)6-10/h4-6,12H,1,7-8,16H2,2-3H3. The van der Waals surface area contributed by atoms with Crippen molar-refractivity contribution in [2.75, 3.05) is 6.61 Å². The first-order chi connectivity index (χ1) is 8.37. The lowest BCUT2D eigenvalue weighted by atomic mass is 9.90. The zero-order chi connectivity index (χ0) is 13.3. The van der Waals surface area contributed by atoms with E-state index in [1.807, 2.05) is 32.0 Å². The molecule has 0 amide bonds. The Kier molecular flexibility index (Phi) is 3.55. The van der Waals surface area contributed by atoms with Crippen molar-refractivity contribution in [3.05, 3.63) is 35.4 Å². The molecular weight excluding hydrogens is 250 g/mol. The molecule has 3 nitrogen and oxygen atoms in total. The van der Waals surface area contributed by atoms with Gasteiger partial charge in [0.1, 0.15) is 23.7 Å². The van der Waals surface area contributed by atoms with Gasteiger partial charge in [0.2, 0.25) is 0 Å². The average molecular weight is 268 g/mol. The average Bonchev–Trinajstić information content (AvgIpc) is 2.24. The van der Waals surface area contributed by atoms with Gasteiger partial charge in [0.15, 0.2) is 0 Å². The molecule has 0 aromatic heterocycles. The number of ether oxygens (including phenoxy) is 2. The van der Waals surface area contributed by atoms with E-state index in [1.54, 1.807) is 0 Å². The highest BCUT2D eigenvalue weighted by Crippen LogP contribution is 2.39. The number of hydrogen-bond acceptors (Lipinski definition) is 3. The van der Waals surface area contributed by atoms with Crippen molar-refractivity contribution >= 4 is 11.6 Å². The lowest BCUT2D eigenvalue weighted by Gasteiger charge is -2.36. The van der Waals surface area contributed by atoms with Crippen LogP contribution in [0.3, 0.4) is 0 Å². The van der Waals surface area contributed by atoms with Gasteiger partial charge in [-0.2, -0.15) is 0 Å². The van der Waals surface area contributed by atoms with Gasteiger partial charge in [-0.1, -0.05) is 24.2 Å². The Morgan fingerprint density at radius 3 is 3.00 bits per heavy atom. The third kappa shape index (κ3) is 2.98. The molecule has 98 valence electrons. The zero-order valence-electron chi connectivity index (χ0n) is 10.7. The lowest BCUT2D eigenvalue weighted by molar-refractivity contribution is 0.0725. The Morgan fingerprint density at radius 2 is 2.33 bits per heavy atom. The SMILES string of the molecule is C=C(Cl)COc1ccc2c(c1)OC(C)(C)CC2N. The molecule has 1 aromatic rings. The second kappa shape index (κ2) is 4.82. The van der Waals surface area contributed by atoms with Crippen LogP contribution in [-0.4, -0.2) is 12.2 Å². The topological polar surface area (TPSA) is 44.5 Å². The van der Waals surface area contributed by atoms with Gasteiger partial charge in [0, 0.05) is 29.1 Å². The van der Waals surface area contributed by atoms with Crippen LogP contribution in [0.15, 0.2) is 29.8 Å². The van der Waals surface area contributed by atoms with E-state index in [0.29, 0.717) is 10.8 Å². The highest BCUT2D eigenvalue weighted by atomic mass is 35.5. The van der Waals surface area contributed by atoms with Gasteiger partial charge in [-0.3, -0.25) is 0 Å². The summed E-state index contributed by atoms with van der Waals surface area (Å²) in [5.41, 5.74) is 6.91. The Morgan fingerprint density at radius 1 is 1.61 bits per heavy atom. The maximum absolute atomic E-state index is 6.14. The molecule has 1 aromatic carbocycles. The van der Waals surface area contributed by atoms with E-state index in [2.05, 4.69) is 6.58 Å². The number of hydrogen-bond donors (Lipinski definition) is 1. The van der Waals surface area contributed by atoms with Crippen molar-refractivity contribution in [3.8, 4) is 11.5 Å². The third-order valence-electron chi connectivity index (χ3n) is 2.88. The van der Waals surface area contributed by atoms with Crippen LogP contribution in [0.4, 0.5) is 0 Å². The molecule has 1 aliphatic heterocycles. The van der Waals surface area contributed by atoms with Gasteiger partial charge in [-0.15, -0.1) is 0 Å². The van der Waals surface area contributed by atoms with Crippen molar-refractivity contribution in [3.63, 3.8) is 0 Å². The predicted octanol–water partition coefficient (Wildman–Crippen LogP) is 3.38. The molecule has 2 rings (SSSR count). The summed E-state index contributed by atoms with van der Waals surface area (Å²) in [6.07, 6.45) is 0.804. The molecule has 0 bridgehead atoms. The molecule has 0 saturated carbocycles. The van der Waals surface area contributed by atoms with E-state index in [-0.39, 0.29) is 18.2 Å². The molecule has 1 unspecified atom stereocenters. The first-order valence-electron chi connectivity index (χ1n) is 5.92. The van der Waals surface area contributed by atoms with E-state index in [9.17, 15) is 0 Å². The van der Waals surface area contributed by atoms with Crippen LogP contribution in [0.5, 0.6) is 11.5 Å². The summed E-state index contributed by atoms with van der Waals surface area (Å²) >= 11 is 5.67. The molecule has 0 saturated heterocycles. The summed E-state index contributed by atoms with van der Waals surface area (Å²) in [6, 6.07) is 5.68. The number of fused-ring (bicyclic) bond motifs is 1. The Balaban J connectivity index is 2.23. The van der Waals surface area contributed by atoms with E-state index in [4.69, 9.17) is 26.8 Å². The highest BCUT2D eigenvalue weighted by molar-refractivity contribution is 6.29. The van der Waals surface area contributed by atoms with Gasteiger partial charge < -0.3 is 15.2 Å². The van der Waals surface area contributed by atoms with E-state index < -0.39 is 0 Å². The minimum absolute atomic E-state index is 0.000734. The first kappa shape index (κ1) is 13.2. The molecule has 18 heavy (non-hydrogen) atoms. The minimum atomic E-state index is -0.249. The fourth-order valence-corrected chi connectivity index (χ4v) is 2.19. The molecule has 2 N–H and O–H groups in total. The summed E-state index contributed by atoms with van der Waals surface area (Å²) in [4.78, 5) is 0. The van der Waals surface area contributed by atoms with Crippen LogP contribution >= 0.6 is 11.6 Å². The van der Waals surface area contributed by atoms with E-state index >= 15 is 0 Å². The van der Waals surface area contributed by atoms with Gasteiger partial charge in [-0.25, -0.2) is 0 Å². The molecule has 0 spiro atoms. The monoisotopic (exact) mass is 267 g/mol. The maximum atomic E-state index is 6.14. The fourth-order valence-electron chi connectivity index (χ4n) is 2.14. The minimum Gasteiger partial charge on any atom is -0.488 e. The van der Waals surface area contributed by atoms with Crippen LogP contribution in [0.2, 0.25) is 0 Å². The summed E-state index contributed by atoms with van der Waals surface area (Å²) in [5, 5.41) is 0.464. The Hall–Kier alpha value is -1.19. The van der Waals surface area contributed by atoms with Gasteiger partial charge >= 0.3 is 0 Å². The molecule has 1 aliphatic rings. The lowest BCUT2D eigenvalue weighted by Crippen LogP contribution is -2.37. The Labute approximate surface area is 113 Å². The van der Waals surface area contributed by atoms with Gasteiger partial charge in [0.05, 0.1) is 0 Å². The molecule has 0 radical (unpaired) electrons. The summed E-state index contributed by atoms with van der Waals surface area (Å²) in [5.74, 6) is 1.50. The molecule has 1 atom stereocenters. The Bertz CT molecular complexity index is 471. The van der Waals surface area contributed by atoms with Crippen molar-refractivity contribution in [1.29, 1.82) is 0 Å². The number of rotatable bonds is 3. The second-order valence-corrected chi connectivity index (χ2v) is 5.71. The first-order valence-corrected chi connectivity index (χ1v) is 6.30. The van der Waals surface area contributed by atoms with Crippen molar-refractivity contribution < 1.29 is 9.47 Å². The van der Waals surface area contributed by atoms with Crippen LogP contribution in [0.1, 0.15) is 31.9 Å². The largest absolute Gasteiger partial charge is 0.488 e. The molecule has 0 aliphatic carbocycles. The van der Waals surface area contributed by atoms with E-state index in [1.165, 1.54) is 0 Å². The van der Waals surface area contributed by atoms with E-state index in [0.717, 1.165) is 17.7 Å². The van der Waals surface area contributed by atoms with Crippen molar-refractivity contribution in [1.82, 2.24) is 0 Å². The predicted molar refractivity (Wildman–Crippen MR) is 73.2 cm³/mol. The molecule has 4 heteroatoms. The molecule has 0 fully saturated rings. The van der Waals surface area contributed by atoms with Crippen LogP contribution in [0, 0.1) is 0 Å². The van der Waals surface area contributed by atoms with Crippen LogP contribution in [0.25, 0.3) is 0 Å². The van der Waals surface area contributed by atoms with Gasteiger partial charge in [0.25, 0.3) is 0 Å². The molecule has 1 heterocycles. The highest BCUT2D eigenvalue weighted by Gasteiger charge is 2.31.